The average molecular weight is 619 g/mol. The monoisotopic (exact) mass is 618 g/mol. The van der Waals surface area contributed by atoms with Crippen LogP contribution in [0.1, 0.15) is 33.4 Å². The normalized spacial score (nSPS) is 11.2. The van der Waals surface area contributed by atoms with Crippen LogP contribution in [0.3, 0.4) is 0 Å². The first kappa shape index (κ1) is 36.9. The molecule has 232 valence electrons. The second kappa shape index (κ2) is 23.4. The van der Waals surface area contributed by atoms with E-state index in [9.17, 15) is 9.59 Å². The molecule has 0 fully saturated rings. The van der Waals surface area contributed by atoms with Crippen LogP contribution < -0.4 is 0 Å². The summed E-state index contributed by atoms with van der Waals surface area (Å²) in [6.07, 6.45) is 7.20. The molecule has 2 rings (SSSR count). The number of benzene rings is 2. The van der Waals surface area contributed by atoms with Crippen molar-refractivity contribution in [1.29, 1.82) is 0 Å². The van der Waals surface area contributed by atoms with Gasteiger partial charge in [0.15, 0.2) is 0 Å². The van der Waals surface area contributed by atoms with E-state index >= 15 is 0 Å². The van der Waals surface area contributed by atoms with E-state index in [0.29, 0.717) is 31.2 Å². The Morgan fingerprint density at radius 3 is 1.29 bits per heavy atom. The van der Waals surface area contributed by atoms with Crippen molar-refractivity contribution in [3.05, 3.63) is 81.9 Å². The number of carbonyl (C=O) groups is 2. The maximum absolute atomic E-state index is 10.7. The number of carbonyl (C=O) groups excluding carboxylic acids is 1. The molecule has 0 spiro atoms. The van der Waals surface area contributed by atoms with Crippen molar-refractivity contribution < 1.29 is 75.4 Å². The van der Waals surface area contributed by atoms with Crippen LogP contribution in [0.2, 0.25) is 0 Å². The quantitative estimate of drug-likeness (QED) is 0.0465. The molecule has 5 N–H and O–H groups in total. The predicted octanol–water partition coefficient (Wildman–Crippen LogP) is 4.10. The third kappa shape index (κ3) is 17.0. The molecule has 2 aromatic carbocycles. The minimum Gasteiger partial charge on any atom is -0.478 e. The van der Waals surface area contributed by atoms with E-state index in [4.69, 9.17) is 37.7 Å². The number of hydrogen-bond acceptors (Lipinski definition) is 14. The van der Waals surface area contributed by atoms with Gasteiger partial charge in [-0.15, -0.1) is 0 Å². The molecule has 0 radical (unpaired) electrons. The first-order valence-corrected chi connectivity index (χ1v) is 12.5. The maximum Gasteiger partial charge on any atom is 0.328 e. The Hall–Kier alpha value is -3.13. The van der Waals surface area contributed by atoms with Crippen molar-refractivity contribution in [3.8, 4) is 0 Å². The second-order valence-corrected chi connectivity index (χ2v) is 8.32. The highest BCUT2D eigenvalue weighted by Gasteiger charge is 2.07. The topological polar surface area (TPSA) is 209 Å². The highest BCUT2D eigenvalue weighted by Crippen LogP contribution is 2.17. The van der Waals surface area contributed by atoms with Gasteiger partial charge in [-0.25, -0.2) is 45.4 Å². The Morgan fingerprint density at radius 2 is 0.952 bits per heavy atom. The minimum absolute atomic E-state index is 0.118. The summed E-state index contributed by atoms with van der Waals surface area (Å²) in [7, 11) is 0. The second-order valence-electron chi connectivity index (χ2n) is 7.95. The summed E-state index contributed by atoms with van der Waals surface area (Å²) >= 11 is 5.24. The van der Waals surface area contributed by atoms with Crippen LogP contribution >= 0.6 is 11.6 Å². The highest BCUT2D eigenvalue weighted by molar-refractivity contribution is 6.66. The van der Waals surface area contributed by atoms with Crippen LogP contribution in [0.5, 0.6) is 0 Å². The summed E-state index contributed by atoms with van der Waals surface area (Å²) < 4.78 is 0. The lowest BCUT2D eigenvalue weighted by Gasteiger charge is -2.10. The predicted molar refractivity (Wildman–Crippen MR) is 143 cm³/mol. The molecule has 0 aromatic heterocycles. The average Bonchev–Trinajstić information content (AvgIpc) is 2.97. The number of carboxylic acid groups (broad SMARTS) is 1. The molecule has 0 saturated heterocycles. The van der Waals surface area contributed by atoms with E-state index in [-0.39, 0.29) is 26.4 Å². The number of carboxylic acids is 1. The zero-order chi connectivity index (χ0) is 31.0. The number of rotatable bonds is 20. The van der Waals surface area contributed by atoms with Crippen LogP contribution in [0.15, 0.2) is 48.6 Å². The summed E-state index contributed by atoms with van der Waals surface area (Å²) in [6.45, 7) is 0.566. The van der Waals surface area contributed by atoms with Crippen LogP contribution in [0.4, 0.5) is 0 Å². The standard InChI is InChI=1S/C13H15ClO7.C13H16O8/c2*14-13(15)4-2-10-1-3-11(5-7-18-20-16)12(9-10)6-8-19-21-17/h1-4,9,16-17H,5-8H2;1-4,9,16-17H,5-8H2,(H,14,15)/b2*4-2+. The van der Waals surface area contributed by atoms with Gasteiger partial charge in [0.2, 0.25) is 5.24 Å². The first-order valence-electron chi connectivity index (χ1n) is 12.1. The van der Waals surface area contributed by atoms with Gasteiger partial charge < -0.3 is 5.11 Å². The van der Waals surface area contributed by atoms with Crippen molar-refractivity contribution in [2.75, 3.05) is 26.4 Å². The fourth-order valence-electron chi connectivity index (χ4n) is 3.54. The van der Waals surface area contributed by atoms with E-state index in [1.54, 1.807) is 30.3 Å². The van der Waals surface area contributed by atoms with E-state index in [1.807, 2.05) is 12.1 Å². The summed E-state index contributed by atoms with van der Waals surface area (Å²) in [6, 6.07) is 10.8. The molecule has 0 saturated carbocycles. The lowest BCUT2D eigenvalue weighted by atomic mass is 9.99. The molecule has 0 amide bonds. The molecule has 0 aliphatic rings. The molecule has 42 heavy (non-hydrogen) atoms. The number of halogens is 1. The smallest absolute Gasteiger partial charge is 0.328 e. The molecular formula is C26H31ClO15. The molecule has 0 heterocycles. The molecule has 2 aromatic rings. The fourth-order valence-corrected chi connectivity index (χ4v) is 3.60. The lowest BCUT2D eigenvalue weighted by Crippen LogP contribution is -2.05. The summed E-state index contributed by atoms with van der Waals surface area (Å²) in [4.78, 5) is 38.9. The highest BCUT2D eigenvalue weighted by atomic mass is 35.5. The SMILES string of the molecule is O=C(Cl)/C=C/c1ccc(CCOOO)c(CCOOO)c1.O=C(O)/C=C/c1ccc(CCOOO)c(CCOOO)c1. The van der Waals surface area contributed by atoms with Gasteiger partial charge in [0, 0.05) is 6.08 Å². The Labute approximate surface area is 244 Å². The van der Waals surface area contributed by atoms with E-state index < -0.39 is 11.2 Å². The third-order valence-corrected chi connectivity index (χ3v) is 5.44. The maximum atomic E-state index is 10.7. The Balaban J connectivity index is 0.000000420. The molecule has 0 unspecified atom stereocenters. The third-order valence-electron chi connectivity index (χ3n) is 5.32. The number of aliphatic carboxylic acids is 1. The molecular weight excluding hydrogens is 588 g/mol. The molecule has 0 bridgehead atoms. The van der Waals surface area contributed by atoms with Gasteiger partial charge in [0.1, 0.15) is 0 Å². The van der Waals surface area contributed by atoms with Gasteiger partial charge >= 0.3 is 5.97 Å². The zero-order valence-electron chi connectivity index (χ0n) is 22.1. The zero-order valence-corrected chi connectivity index (χ0v) is 22.9. The number of hydrogen-bond donors (Lipinski definition) is 5. The van der Waals surface area contributed by atoms with E-state index in [2.05, 4.69) is 39.7 Å². The van der Waals surface area contributed by atoms with Crippen LogP contribution in [-0.4, -0.2) is 63.8 Å². The van der Waals surface area contributed by atoms with Gasteiger partial charge in [-0.05, 0) is 82.8 Å². The van der Waals surface area contributed by atoms with Crippen LogP contribution in [-0.2, 0) is 75.0 Å². The van der Waals surface area contributed by atoms with Crippen molar-refractivity contribution in [2.45, 2.75) is 25.7 Å². The summed E-state index contributed by atoms with van der Waals surface area (Å²) in [5, 5.41) is 54.7. The van der Waals surface area contributed by atoms with Gasteiger partial charge in [-0.3, -0.25) is 4.79 Å². The fraction of sp³-hybridized carbons (Fsp3) is 0.308. The largest absolute Gasteiger partial charge is 0.478 e. The summed E-state index contributed by atoms with van der Waals surface area (Å²) in [5.41, 5.74) is 5.09. The molecule has 0 atom stereocenters. The van der Waals surface area contributed by atoms with Gasteiger partial charge in [-0.2, -0.15) is 0 Å². The van der Waals surface area contributed by atoms with E-state index in [0.717, 1.165) is 33.9 Å². The van der Waals surface area contributed by atoms with Crippen molar-refractivity contribution in [3.63, 3.8) is 0 Å². The molecule has 15 nitrogen and oxygen atoms in total. The number of allylic oxidation sites excluding steroid dienone is 1. The van der Waals surface area contributed by atoms with Crippen molar-refractivity contribution in [2.24, 2.45) is 0 Å². The lowest BCUT2D eigenvalue weighted by molar-refractivity contribution is -0.490. The Morgan fingerprint density at radius 1 is 0.595 bits per heavy atom. The van der Waals surface area contributed by atoms with E-state index in [1.165, 1.54) is 12.2 Å². The minimum atomic E-state index is -1.04. The van der Waals surface area contributed by atoms with Crippen molar-refractivity contribution in [1.82, 2.24) is 0 Å². The van der Waals surface area contributed by atoms with Crippen LogP contribution in [0.25, 0.3) is 12.2 Å². The first-order chi connectivity index (χ1) is 20.3. The molecule has 16 heteroatoms. The van der Waals surface area contributed by atoms with Crippen LogP contribution in [0, 0.1) is 0 Å². The molecule has 0 aliphatic heterocycles. The Kier molecular flexibility index (Phi) is 20.6. The molecule has 0 aliphatic carbocycles. The van der Waals surface area contributed by atoms with Gasteiger partial charge in [0.05, 0.1) is 26.4 Å². The summed E-state index contributed by atoms with van der Waals surface area (Å²) in [5.74, 6) is -1.04. The Bertz CT molecular complexity index is 1040. The van der Waals surface area contributed by atoms with Gasteiger partial charge in [0.25, 0.3) is 0 Å². The van der Waals surface area contributed by atoms with Crippen molar-refractivity contribution >= 4 is 35.0 Å². The van der Waals surface area contributed by atoms with Gasteiger partial charge in [-0.1, -0.05) is 62.6 Å².